The van der Waals surface area contributed by atoms with Crippen LogP contribution in [0.1, 0.15) is 27.2 Å². The van der Waals surface area contributed by atoms with Crippen molar-refractivity contribution in [1.82, 2.24) is 24.5 Å². The van der Waals surface area contributed by atoms with E-state index in [-0.39, 0.29) is 18.1 Å². The maximum atomic E-state index is 11.8. The predicted octanol–water partition coefficient (Wildman–Crippen LogP) is 2.74. The van der Waals surface area contributed by atoms with E-state index in [0.717, 1.165) is 35.6 Å². The molecular formula is C21H25N7O. The number of anilines is 2. The van der Waals surface area contributed by atoms with Gasteiger partial charge in [-0.05, 0) is 32.4 Å². The monoisotopic (exact) mass is 391 g/mol. The zero-order valence-electron chi connectivity index (χ0n) is 17.1. The lowest BCUT2D eigenvalue weighted by Gasteiger charge is -2.47. The van der Waals surface area contributed by atoms with Gasteiger partial charge in [0.25, 0.3) is 0 Å². The molecule has 8 nitrogen and oxygen atoms in total. The average Bonchev–Trinajstić information content (AvgIpc) is 3.23. The van der Waals surface area contributed by atoms with Crippen LogP contribution in [0.4, 0.5) is 11.5 Å². The molecule has 0 spiro atoms. The maximum absolute atomic E-state index is 11.8. The Morgan fingerprint density at radius 2 is 2.03 bits per heavy atom. The van der Waals surface area contributed by atoms with Gasteiger partial charge >= 0.3 is 0 Å². The van der Waals surface area contributed by atoms with Gasteiger partial charge in [-0.25, -0.2) is 9.97 Å². The average molecular weight is 391 g/mol. The van der Waals surface area contributed by atoms with E-state index in [1.165, 1.54) is 0 Å². The van der Waals surface area contributed by atoms with Gasteiger partial charge in [-0.15, -0.1) is 0 Å². The first-order chi connectivity index (χ1) is 14.1. The Hall–Kier alpha value is -3.29. The lowest BCUT2D eigenvalue weighted by Crippen LogP contribution is -2.58. The molecule has 0 amide bonds. The smallest absolute Gasteiger partial charge is 0.237 e. The number of fused-ring (bicyclic) bond motifs is 1. The Morgan fingerprint density at radius 1 is 1.21 bits per heavy atom. The second kappa shape index (κ2) is 7.62. The molecular weight excluding hydrogens is 366 g/mol. The van der Waals surface area contributed by atoms with Crippen LogP contribution in [0.2, 0.25) is 0 Å². The van der Waals surface area contributed by atoms with Gasteiger partial charge in [-0.3, -0.25) is 9.55 Å². The molecule has 1 aliphatic rings. The number of imidazole rings is 1. The Morgan fingerprint density at radius 3 is 2.69 bits per heavy atom. The molecule has 0 saturated heterocycles. The molecule has 29 heavy (non-hydrogen) atoms. The van der Waals surface area contributed by atoms with Crippen molar-refractivity contribution >= 4 is 17.8 Å². The Labute approximate surface area is 170 Å². The highest BCUT2D eigenvalue weighted by Gasteiger charge is 2.39. The van der Waals surface area contributed by atoms with Gasteiger partial charge in [0, 0.05) is 43.4 Å². The first-order valence-electron chi connectivity index (χ1n) is 9.84. The van der Waals surface area contributed by atoms with Crippen LogP contribution >= 0.6 is 0 Å². The van der Waals surface area contributed by atoms with E-state index < -0.39 is 0 Å². The number of carbonyl (C=O) groups is 1. The first-order valence-corrected chi connectivity index (χ1v) is 9.84. The van der Waals surface area contributed by atoms with Crippen LogP contribution < -0.4 is 9.80 Å². The summed E-state index contributed by atoms with van der Waals surface area (Å²) in [5.74, 6) is 2.11. The summed E-state index contributed by atoms with van der Waals surface area (Å²) in [6.07, 6.45) is 10.7. The zero-order valence-corrected chi connectivity index (χ0v) is 17.1. The van der Waals surface area contributed by atoms with E-state index in [1.54, 1.807) is 24.8 Å². The number of aldehydes is 1. The van der Waals surface area contributed by atoms with Gasteiger partial charge in [0.1, 0.15) is 18.2 Å². The largest absolute Gasteiger partial charge is 0.359 e. The van der Waals surface area contributed by atoms with E-state index in [2.05, 4.69) is 40.6 Å². The quantitative estimate of drug-likeness (QED) is 0.619. The molecule has 2 atom stereocenters. The van der Waals surface area contributed by atoms with E-state index in [4.69, 9.17) is 4.98 Å². The third kappa shape index (κ3) is 3.14. The standard InChI is InChI=1S/C21H25N7O/c1-5-16-18(13-29)26(4)17-12-24-21(25-20(17)28(16)14(2)3)27-10-9-23-19(27)15-7-6-8-22-11-15/h6-14,16,18H,5H2,1-4H3. The van der Waals surface area contributed by atoms with Crippen LogP contribution in [-0.4, -0.2) is 56.0 Å². The van der Waals surface area contributed by atoms with Crippen LogP contribution in [-0.2, 0) is 4.79 Å². The van der Waals surface area contributed by atoms with Crippen molar-refractivity contribution in [1.29, 1.82) is 0 Å². The number of aromatic nitrogens is 5. The lowest BCUT2D eigenvalue weighted by atomic mass is 9.98. The molecule has 0 N–H and O–H groups in total. The van der Waals surface area contributed by atoms with Crippen molar-refractivity contribution in [3.8, 4) is 17.3 Å². The Kier molecular flexibility index (Phi) is 5.00. The van der Waals surface area contributed by atoms with Crippen LogP contribution in [0.15, 0.2) is 43.1 Å². The number of hydrogen-bond acceptors (Lipinski definition) is 7. The van der Waals surface area contributed by atoms with Crippen molar-refractivity contribution in [2.75, 3.05) is 16.8 Å². The van der Waals surface area contributed by atoms with Crippen molar-refractivity contribution < 1.29 is 4.79 Å². The van der Waals surface area contributed by atoms with E-state index in [0.29, 0.717) is 5.95 Å². The minimum absolute atomic E-state index is 0.0494. The van der Waals surface area contributed by atoms with Crippen molar-refractivity contribution in [3.63, 3.8) is 0 Å². The van der Waals surface area contributed by atoms with E-state index in [9.17, 15) is 4.79 Å². The molecule has 0 aromatic carbocycles. The number of rotatable bonds is 5. The number of hydrogen-bond donors (Lipinski definition) is 0. The highest BCUT2D eigenvalue weighted by molar-refractivity contribution is 5.79. The third-order valence-electron chi connectivity index (χ3n) is 5.45. The molecule has 3 aromatic heterocycles. The van der Waals surface area contributed by atoms with Crippen molar-refractivity contribution in [2.24, 2.45) is 0 Å². The van der Waals surface area contributed by atoms with Crippen molar-refractivity contribution in [2.45, 2.75) is 45.3 Å². The summed E-state index contributed by atoms with van der Waals surface area (Å²) >= 11 is 0. The molecule has 1 aliphatic heterocycles. The van der Waals surface area contributed by atoms with E-state index >= 15 is 0 Å². The summed E-state index contributed by atoms with van der Waals surface area (Å²) in [7, 11) is 1.93. The van der Waals surface area contributed by atoms with Gasteiger partial charge in [0.05, 0.1) is 17.9 Å². The second-order valence-electron chi connectivity index (χ2n) is 7.46. The van der Waals surface area contributed by atoms with Gasteiger partial charge in [-0.2, -0.15) is 4.98 Å². The summed E-state index contributed by atoms with van der Waals surface area (Å²) in [5.41, 5.74) is 1.75. The fraction of sp³-hybridized carbons (Fsp3) is 0.381. The summed E-state index contributed by atoms with van der Waals surface area (Å²) in [5, 5.41) is 0. The molecule has 0 saturated carbocycles. The zero-order chi connectivity index (χ0) is 20.5. The predicted molar refractivity (Wildman–Crippen MR) is 112 cm³/mol. The number of carbonyl (C=O) groups excluding carboxylic acids is 1. The molecule has 0 fully saturated rings. The van der Waals surface area contributed by atoms with E-state index in [1.807, 2.05) is 34.8 Å². The molecule has 2 unspecified atom stereocenters. The third-order valence-corrected chi connectivity index (χ3v) is 5.45. The molecule has 0 aliphatic carbocycles. The van der Waals surface area contributed by atoms with Crippen LogP contribution in [0, 0.1) is 0 Å². The SMILES string of the molecule is CCC1C(C=O)N(C)c2cnc(-n3ccnc3-c3cccnc3)nc2N1C(C)C. The molecule has 0 bridgehead atoms. The lowest BCUT2D eigenvalue weighted by molar-refractivity contribution is -0.109. The maximum Gasteiger partial charge on any atom is 0.237 e. The minimum atomic E-state index is -0.233. The van der Waals surface area contributed by atoms with Crippen molar-refractivity contribution in [3.05, 3.63) is 43.1 Å². The number of nitrogens with zero attached hydrogens (tertiary/aromatic N) is 7. The van der Waals surface area contributed by atoms with Gasteiger partial charge in [0.15, 0.2) is 5.82 Å². The van der Waals surface area contributed by atoms with Crippen LogP contribution in [0.3, 0.4) is 0 Å². The number of pyridine rings is 1. The summed E-state index contributed by atoms with van der Waals surface area (Å²) < 4.78 is 1.86. The van der Waals surface area contributed by atoms with Crippen LogP contribution in [0.5, 0.6) is 0 Å². The van der Waals surface area contributed by atoms with Gasteiger partial charge < -0.3 is 14.6 Å². The van der Waals surface area contributed by atoms with Gasteiger partial charge in [0.2, 0.25) is 5.95 Å². The first kappa shape index (κ1) is 19.0. The molecule has 150 valence electrons. The highest BCUT2D eigenvalue weighted by Crippen LogP contribution is 2.38. The molecule has 4 rings (SSSR count). The molecule has 4 heterocycles. The second-order valence-corrected chi connectivity index (χ2v) is 7.46. The minimum Gasteiger partial charge on any atom is -0.359 e. The Bertz CT molecular complexity index is 1000. The summed E-state index contributed by atoms with van der Waals surface area (Å²) in [6, 6.07) is 3.85. The Balaban J connectivity index is 1.85. The topological polar surface area (TPSA) is 80.0 Å². The fourth-order valence-corrected chi connectivity index (χ4v) is 4.07. The fourth-order valence-electron chi connectivity index (χ4n) is 4.07. The van der Waals surface area contributed by atoms with Crippen LogP contribution in [0.25, 0.3) is 17.3 Å². The molecule has 8 heteroatoms. The van der Waals surface area contributed by atoms with Gasteiger partial charge in [-0.1, -0.05) is 6.92 Å². The molecule has 0 radical (unpaired) electrons. The molecule has 3 aromatic rings. The summed E-state index contributed by atoms with van der Waals surface area (Å²) in [6.45, 7) is 6.35. The number of likely N-dealkylation sites (N-methyl/N-ethyl adjacent to an activating group) is 1. The summed E-state index contributed by atoms with van der Waals surface area (Å²) in [4.78, 5) is 34.2. The highest BCUT2D eigenvalue weighted by atomic mass is 16.1. The normalized spacial score (nSPS) is 18.8.